The maximum absolute atomic E-state index is 12.8. The van der Waals surface area contributed by atoms with Gasteiger partial charge in [-0.05, 0) is 73.7 Å². The van der Waals surface area contributed by atoms with Crippen molar-refractivity contribution in [1.82, 2.24) is 40.2 Å². The van der Waals surface area contributed by atoms with E-state index in [1.165, 1.54) is 0 Å². The fourth-order valence-electron chi connectivity index (χ4n) is 3.86. The van der Waals surface area contributed by atoms with Crippen LogP contribution in [0.5, 0.6) is 0 Å². The lowest BCUT2D eigenvalue weighted by Gasteiger charge is -2.29. The van der Waals surface area contributed by atoms with Gasteiger partial charge in [-0.1, -0.05) is 29.4 Å². The number of amides is 1. The van der Waals surface area contributed by atoms with E-state index in [9.17, 15) is 4.79 Å². The number of anilines is 2. The lowest BCUT2D eigenvalue weighted by molar-refractivity contribution is 0.0917. The zero-order chi connectivity index (χ0) is 22.6. The maximum Gasteiger partial charge on any atom is 0.252 e. The van der Waals surface area contributed by atoms with E-state index in [0.29, 0.717) is 17.2 Å². The summed E-state index contributed by atoms with van der Waals surface area (Å²) in [6, 6.07) is 17.3. The molecule has 1 amide bonds. The lowest BCUT2D eigenvalue weighted by Crippen LogP contribution is -2.43. The van der Waals surface area contributed by atoms with E-state index < -0.39 is 0 Å². The van der Waals surface area contributed by atoms with Gasteiger partial charge in [0.2, 0.25) is 0 Å². The van der Waals surface area contributed by atoms with E-state index in [-0.39, 0.29) is 11.9 Å². The number of nitrogens with one attached hydrogen (secondary N) is 2. The molecule has 0 bridgehead atoms. The molecule has 10 nitrogen and oxygen atoms in total. The number of hydrogen-bond donors (Lipinski definition) is 2. The number of nitrogens with zero attached hydrogens (tertiary/aromatic N) is 7. The Bertz CT molecular complexity index is 1230. The predicted molar refractivity (Wildman–Crippen MR) is 124 cm³/mol. The molecule has 168 valence electrons. The smallest absolute Gasteiger partial charge is 0.252 e. The van der Waals surface area contributed by atoms with Crippen LogP contribution in [0.1, 0.15) is 23.2 Å². The van der Waals surface area contributed by atoms with E-state index in [1.807, 2.05) is 60.8 Å². The molecule has 0 spiro atoms. The number of rotatable bonds is 6. The Morgan fingerprint density at radius 2 is 1.85 bits per heavy atom. The summed E-state index contributed by atoms with van der Waals surface area (Å²) >= 11 is 0. The van der Waals surface area contributed by atoms with Crippen LogP contribution in [0.2, 0.25) is 0 Å². The Balaban J connectivity index is 1.32. The van der Waals surface area contributed by atoms with Crippen LogP contribution in [0.15, 0.2) is 67.0 Å². The van der Waals surface area contributed by atoms with Crippen LogP contribution < -0.4 is 10.6 Å². The van der Waals surface area contributed by atoms with Gasteiger partial charge in [-0.15, -0.1) is 0 Å². The molecule has 2 N–H and O–H groups in total. The molecule has 2 aromatic heterocycles. The largest absolute Gasteiger partial charge is 0.349 e. The van der Waals surface area contributed by atoms with Gasteiger partial charge >= 0.3 is 0 Å². The third kappa shape index (κ3) is 4.75. The highest BCUT2D eigenvalue weighted by atomic mass is 16.1. The van der Waals surface area contributed by atoms with Crippen LogP contribution in [0.3, 0.4) is 0 Å². The summed E-state index contributed by atoms with van der Waals surface area (Å²) in [6.45, 7) is 2.00. The number of aromatic nitrogens is 6. The summed E-state index contributed by atoms with van der Waals surface area (Å²) in [4.78, 5) is 15.1. The molecule has 1 fully saturated rings. The molecule has 33 heavy (non-hydrogen) atoms. The van der Waals surface area contributed by atoms with Crippen molar-refractivity contribution in [1.29, 1.82) is 0 Å². The van der Waals surface area contributed by atoms with Gasteiger partial charge in [0, 0.05) is 17.3 Å². The summed E-state index contributed by atoms with van der Waals surface area (Å²) in [5.41, 5.74) is 2.96. The Kier molecular flexibility index (Phi) is 5.81. The van der Waals surface area contributed by atoms with Crippen LogP contribution in [-0.2, 0) is 0 Å². The Hall–Kier alpha value is -4.05. The van der Waals surface area contributed by atoms with E-state index in [2.05, 4.69) is 43.2 Å². The number of benzene rings is 2. The number of piperidine rings is 1. The van der Waals surface area contributed by atoms with Crippen molar-refractivity contribution < 1.29 is 4.79 Å². The van der Waals surface area contributed by atoms with E-state index >= 15 is 0 Å². The van der Waals surface area contributed by atoms with E-state index in [1.54, 1.807) is 15.6 Å². The van der Waals surface area contributed by atoms with Gasteiger partial charge in [-0.3, -0.25) is 4.79 Å². The molecule has 3 heterocycles. The molecule has 1 saturated heterocycles. The second-order valence-corrected chi connectivity index (χ2v) is 8.15. The highest BCUT2D eigenvalue weighted by Crippen LogP contribution is 2.18. The quantitative estimate of drug-likeness (QED) is 0.471. The van der Waals surface area contributed by atoms with Crippen molar-refractivity contribution in [2.24, 2.45) is 0 Å². The monoisotopic (exact) mass is 443 g/mol. The number of para-hydroxylation sites is 1. The normalized spacial score (nSPS) is 14.8. The summed E-state index contributed by atoms with van der Waals surface area (Å²) in [5, 5.41) is 22.7. The van der Waals surface area contributed by atoms with Crippen molar-refractivity contribution in [3.63, 3.8) is 0 Å². The first-order chi connectivity index (χ1) is 16.2. The molecule has 0 unspecified atom stereocenters. The second-order valence-electron chi connectivity index (χ2n) is 8.15. The van der Waals surface area contributed by atoms with E-state index in [0.717, 1.165) is 37.3 Å². The zero-order valence-corrected chi connectivity index (χ0v) is 18.3. The molecule has 5 rings (SSSR count). The van der Waals surface area contributed by atoms with Crippen molar-refractivity contribution in [2.45, 2.75) is 18.9 Å². The minimum Gasteiger partial charge on any atom is -0.349 e. The summed E-state index contributed by atoms with van der Waals surface area (Å²) < 4.78 is 3.28. The van der Waals surface area contributed by atoms with Crippen molar-refractivity contribution in [3.05, 3.63) is 72.6 Å². The van der Waals surface area contributed by atoms with E-state index in [4.69, 9.17) is 0 Å². The van der Waals surface area contributed by atoms with Gasteiger partial charge < -0.3 is 15.5 Å². The molecule has 1 aliphatic rings. The van der Waals surface area contributed by atoms with Gasteiger partial charge in [0.1, 0.15) is 5.69 Å². The minimum atomic E-state index is -0.0615. The highest BCUT2D eigenvalue weighted by Gasteiger charge is 2.19. The molecular weight excluding hydrogens is 418 g/mol. The Morgan fingerprint density at radius 1 is 1.03 bits per heavy atom. The molecule has 0 atom stereocenters. The zero-order valence-electron chi connectivity index (χ0n) is 18.3. The first kappa shape index (κ1) is 20.8. The van der Waals surface area contributed by atoms with Crippen molar-refractivity contribution in [2.75, 3.05) is 25.5 Å². The van der Waals surface area contributed by atoms with Crippen LogP contribution in [0.4, 0.5) is 11.6 Å². The fraction of sp³-hybridized carbons (Fsp3) is 0.261. The van der Waals surface area contributed by atoms with Gasteiger partial charge in [-0.25, -0.2) is 4.68 Å². The summed E-state index contributed by atoms with van der Waals surface area (Å²) in [5.74, 6) is 0.417. The van der Waals surface area contributed by atoms with Gasteiger partial charge in [0.25, 0.3) is 11.9 Å². The van der Waals surface area contributed by atoms with Crippen LogP contribution >= 0.6 is 0 Å². The van der Waals surface area contributed by atoms with Crippen molar-refractivity contribution in [3.8, 4) is 11.4 Å². The first-order valence-corrected chi connectivity index (χ1v) is 10.9. The molecule has 0 aliphatic carbocycles. The maximum atomic E-state index is 12.8. The third-order valence-electron chi connectivity index (χ3n) is 5.74. The van der Waals surface area contributed by atoms with Gasteiger partial charge in [0.05, 0.1) is 18.1 Å². The molecule has 10 heteroatoms. The number of likely N-dealkylation sites (tertiary alicyclic amines) is 1. The van der Waals surface area contributed by atoms with Gasteiger partial charge in [-0.2, -0.15) is 9.78 Å². The predicted octanol–water partition coefficient (Wildman–Crippen LogP) is 2.42. The minimum absolute atomic E-state index is 0.0615. The summed E-state index contributed by atoms with van der Waals surface area (Å²) in [7, 11) is 2.11. The number of hydrogen-bond acceptors (Lipinski definition) is 7. The first-order valence-electron chi connectivity index (χ1n) is 10.9. The molecular formula is C23H25N9O. The fourth-order valence-corrected chi connectivity index (χ4v) is 3.86. The van der Waals surface area contributed by atoms with Crippen molar-refractivity contribution >= 4 is 17.5 Å². The standard InChI is InChI=1S/C23H25N9O/c1-30-12-10-19(11-13-30)25-22(33)17-6-5-9-20(14-17)31-16-21(15-24-31)32-23(27-28-29-32)26-18-7-3-2-4-8-18/h2-9,14-16,19H,10-13H2,1H3,(H,25,33)(H,26,27,29). The number of tetrazole rings is 1. The third-order valence-corrected chi connectivity index (χ3v) is 5.74. The topological polar surface area (TPSA) is 106 Å². The highest BCUT2D eigenvalue weighted by molar-refractivity contribution is 5.94. The molecule has 2 aromatic carbocycles. The van der Waals surface area contributed by atoms with Gasteiger partial charge in [0.15, 0.2) is 0 Å². The van der Waals surface area contributed by atoms with Crippen LogP contribution in [0, 0.1) is 0 Å². The molecule has 0 saturated carbocycles. The summed E-state index contributed by atoms with van der Waals surface area (Å²) in [6.07, 6.45) is 5.43. The number of carbonyl (C=O) groups excluding carboxylic acids is 1. The number of carbonyl (C=O) groups is 1. The molecule has 0 radical (unpaired) electrons. The second kappa shape index (κ2) is 9.21. The average Bonchev–Trinajstić information content (AvgIpc) is 3.51. The van der Waals surface area contributed by atoms with Crippen LogP contribution in [-0.4, -0.2) is 67.0 Å². The van der Waals surface area contributed by atoms with Crippen LogP contribution in [0.25, 0.3) is 11.4 Å². The SMILES string of the molecule is CN1CCC(NC(=O)c2cccc(-n3cc(-n4nnnc4Nc4ccccc4)cn3)c2)CC1. The molecule has 4 aromatic rings. The average molecular weight is 444 g/mol. The Morgan fingerprint density at radius 3 is 2.67 bits per heavy atom. The Labute approximate surface area is 191 Å². The molecule has 1 aliphatic heterocycles. The lowest BCUT2D eigenvalue weighted by atomic mass is 10.0.